The summed E-state index contributed by atoms with van der Waals surface area (Å²) in [5.41, 5.74) is 2.51. The normalized spacial score (nSPS) is 20.3. The maximum Gasteiger partial charge on any atom is 0.330 e. The number of amides is 1. The predicted octanol–water partition coefficient (Wildman–Crippen LogP) is 3.47. The minimum atomic E-state index is -0.0539. The zero-order chi connectivity index (χ0) is 25.7. The largest absolute Gasteiger partial charge is 0.351 e. The van der Waals surface area contributed by atoms with Gasteiger partial charge in [0.15, 0.2) is 5.65 Å². The highest BCUT2D eigenvalue weighted by Gasteiger charge is 2.38. The molecule has 0 saturated heterocycles. The second-order valence-corrected chi connectivity index (χ2v) is 12.0. The summed E-state index contributed by atoms with van der Waals surface area (Å²) in [4.78, 5) is 35.1. The summed E-state index contributed by atoms with van der Waals surface area (Å²) >= 11 is 0. The number of aromatic nitrogens is 6. The molecule has 0 aliphatic heterocycles. The van der Waals surface area contributed by atoms with Crippen LogP contribution >= 0.6 is 0 Å². The Morgan fingerprint density at radius 3 is 2.54 bits per heavy atom. The van der Waals surface area contributed by atoms with Crippen LogP contribution in [0.25, 0.3) is 11.2 Å². The van der Waals surface area contributed by atoms with Crippen molar-refractivity contribution in [2.75, 3.05) is 0 Å². The Hall–Kier alpha value is -2.97. The molecule has 35 heavy (non-hydrogen) atoms. The molecule has 2 unspecified atom stereocenters. The minimum Gasteiger partial charge on any atom is -0.351 e. The molecule has 1 aliphatic carbocycles. The first kappa shape index (κ1) is 25.1. The molecule has 1 aliphatic rings. The van der Waals surface area contributed by atoms with Crippen LogP contribution in [0, 0.1) is 24.7 Å². The van der Waals surface area contributed by atoms with Crippen molar-refractivity contribution in [1.29, 1.82) is 0 Å². The number of nitrogens with one attached hydrogen (secondary N) is 1. The van der Waals surface area contributed by atoms with E-state index in [4.69, 9.17) is 4.98 Å². The fourth-order valence-corrected chi connectivity index (χ4v) is 5.19. The molecule has 190 valence electrons. The van der Waals surface area contributed by atoms with Gasteiger partial charge in [0.1, 0.15) is 18.2 Å². The van der Waals surface area contributed by atoms with Crippen molar-refractivity contribution in [2.24, 2.45) is 17.9 Å². The molecule has 9 heteroatoms. The van der Waals surface area contributed by atoms with Crippen LogP contribution in [-0.4, -0.2) is 40.8 Å². The lowest BCUT2D eigenvalue weighted by atomic mass is 9.68. The van der Waals surface area contributed by atoms with E-state index < -0.39 is 0 Å². The third kappa shape index (κ3) is 5.18. The molecule has 0 spiro atoms. The topological polar surface area (TPSA) is 99.6 Å². The molecule has 3 aromatic heterocycles. The van der Waals surface area contributed by atoms with E-state index in [9.17, 15) is 9.59 Å². The highest BCUT2D eigenvalue weighted by molar-refractivity contribution is 5.76. The zero-order valence-electron chi connectivity index (χ0n) is 22.3. The summed E-state index contributed by atoms with van der Waals surface area (Å²) in [6.45, 7) is 15.3. The lowest BCUT2D eigenvalue weighted by Crippen LogP contribution is -2.49. The number of hydrogen-bond acceptors (Lipinski definition) is 5. The fraction of sp³-hybridized carbons (Fsp3) is 0.654. The number of hydrogen-bond donors (Lipinski definition) is 1. The van der Waals surface area contributed by atoms with E-state index in [1.165, 1.54) is 0 Å². The first-order valence-electron chi connectivity index (χ1n) is 12.5. The summed E-state index contributed by atoms with van der Waals surface area (Å²) in [5, 5.41) is 7.58. The molecule has 3 heterocycles. The third-order valence-corrected chi connectivity index (χ3v) is 7.24. The Labute approximate surface area is 207 Å². The molecule has 0 bridgehead atoms. The molecular weight excluding hydrogens is 442 g/mol. The van der Waals surface area contributed by atoms with E-state index in [0.717, 1.165) is 41.9 Å². The van der Waals surface area contributed by atoms with E-state index >= 15 is 0 Å². The molecule has 1 fully saturated rings. The maximum absolute atomic E-state index is 12.9. The van der Waals surface area contributed by atoms with Gasteiger partial charge in [-0.15, -0.1) is 0 Å². The molecular formula is C26H39N7O2. The second kappa shape index (κ2) is 8.91. The third-order valence-electron chi connectivity index (χ3n) is 7.24. The van der Waals surface area contributed by atoms with Crippen LogP contribution in [0.1, 0.15) is 77.1 Å². The van der Waals surface area contributed by atoms with Gasteiger partial charge in [0.2, 0.25) is 5.91 Å². The van der Waals surface area contributed by atoms with Gasteiger partial charge in [0.25, 0.3) is 0 Å². The Balaban J connectivity index is 1.55. The van der Waals surface area contributed by atoms with Gasteiger partial charge in [0.05, 0.1) is 5.52 Å². The molecule has 0 radical (unpaired) electrons. The van der Waals surface area contributed by atoms with E-state index in [0.29, 0.717) is 12.4 Å². The van der Waals surface area contributed by atoms with Crippen LogP contribution < -0.4 is 11.0 Å². The summed E-state index contributed by atoms with van der Waals surface area (Å²) < 4.78 is 5.13. The van der Waals surface area contributed by atoms with Gasteiger partial charge in [0, 0.05) is 31.2 Å². The molecule has 0 aromatic carbocycles. The Kier molecular flexibility index (Phi) is 6.40. The van der Waals surface area contributed by atoms with Crippen LogP contribution in [0.5, 0.6) is 0 Å². The van der Waals surface area contributed by atoms with Crippen molar-refractivity contribution in [3.05, 3.63) is 40.0 Å². The standard InChI is InChI=1S/C26H39N7O2/c1-16-27-17(2)33(30-16)14-22(34)29-21-13-18(11-12-26(21,6)7)19-9-10-20-23(28-19)31(8)24(35)32(20)15-25(3,4)5/h9-10,18,21H,11-15H2,1-8H3,(H,29,34). The lowest BCUT2D eigenvalue weighted by molar-refractivity contribution is -0.123. The second-order valence-electron chi connectivity index (χ2n) is 12.0. The van der Waals surface area contributed by atoms with Gasteiger partial charge in [-0.1, -0.05) is 34.6 Å². The zero-order valence-corrected chi connectivity index (χ0v) is 22.3. The number of carbonyl (C=O) groups excluding carboxylic acids is 1. The summed E-state index contributed by atoms with van der Waals surface area (Å²) in [5.74, 6) is 1.57. The molecule has 2 atom stereocenters. The van der Waals surface area contributed by atoms with Crippen molar-refractivity contribution >= 4 is 17.1 Å². The predicted molar refractivity (Wildman–Crippen MR) is 136 cm³/mol. The smallest absolute Gasteiger partial charge is 0.330 e. The fourth-order valence-electron chi connectivity index (χ4n) is 5.19. The minimum absolute atomic E-state index is 0.0133. The van der Waals surface area contributed by atoms with Crippen LogP contribution in [0.3, 0.4) is 0 Å². The highest BCUT2D eigenvalue weighted by Crippen LogP contribution is 2.42. The first-order valence-corrected chi connectivity index (χ1v) is 12.5. The summed E-state index contributed by atoms with van der Waals surface area (Å²) in [6, 6.07) is 4.11. The average Bonchev–Trinajstić information content (AvgIpc) is 3.18. The van der Waals surface area contributed by atoms with Gasteiger partial charge in [-0.25, -0.2) is 19.4 Å². The van der Waals surface area contributed by atoms with Crippen molar-refractivity contribution in [3.63, 3.8) is 0 Å². The van der Waals surface area contributed by atoms with Gasteiger partial charge in [-0.2, -0.15) is 5.10 Å². The number of aryl methyl sites for hydroxylation is 3. The molecule has 4 rings (SSSR count). The van der Waals surface area contributed by atoms with Crippen molar-refractivity contribution in [1.82, 2.24) is 34.2 Å². The quantitative estimate of drug-likeness (QED) is 0.602. The highest BCUT2D eigenvalue weighted by atomic mass is 16.2. The van der Waals surface area contributed by atoms with Crippen LogP contribution in [0.2, 0.25) is 0 Å². The molecule has 3 aromatic rings. The van der Waals surface area contributed by atoms with Crippen LogP contribution in [-0.2, 0) is 24.9 Å². The number of fused-ring (bicyclic) bond motifs is 1. The lowest BCUT2D eigenvalue weighted by Gasteiger charge is -2.42. The Bertz CT molecular complexity index is 1310. The molecule has 1 amide bonds. The van der Waals surface area contributed by atoms with E-state index in [1.54, 1.807) is 16.3 Å². The number of rotatable bonds is 5. The van der Waals surface area contributed by atoms with Crippen molar-refractivity contribution < 1.29 is 4.79 Å². The first-order chi connectivity index (χ1) is 16.2. The molecule has 1 N–H and O–H groups in total. The van der Waals surface area contributed by atoms with Gasteiger partial charge >= 0.3 is 5.69 Å². The van der Waals surface area contributed by atoms with E-state index in [2.05, 4.69) is 56.1 Å². The SMILES string of the molecule is Cc1nc(C)n(CC(=O)NC2CC(c3ccc4c(n3)n(C)c(=O)n4CC(C)(C)C)CCC2(C)C)n1. The van der Waals surface area contributed by atoms with Crippen LogP contribution in [0.4, 0.5) is 0 Å². The summed E-state index contributed by atoms with van der Waals surface area (Å²) in [7, 11) is 1.79. The van der Waals surface area contributed by atoms with Gasteiger partial charge in [-0.3, -0.25) is 13.9 Å². The average molecular weight is 482 g/mol. The monoisotopic (exact) mass is 481 g/mol. The van der Waals surface area contributed by atoms with Crippen molar-refractivity contribution in [3.8, 4) is 0 Å². The summed E-state index contributed by atoms with van der Waals surface area (Å²) in [6.07, 6.45) is 2.78. The molecule has 9 nitrogen and oxygen atoms in total. The number of imidazole rings is 1. The molecule has 1 saturated carbocycles. The Morgan fingerprint density at radius 1 is 1.20 bits per heavy atom. The Morgan fingerprint density at radius 2 is 1.91 bits per heavy atom. The number of nitrogens with zero attached hydrogens (tertiary/aromatic N) is 6. The maximum atomic E-state index is 12.9. The van der Waals surface area contributed by atoms with Gasteiger partial charge < -0.3 is 5.32 Å². The van der Waals surface area contributed by atoms with Crippen molar-refractivity contribution in [2.45, 2.75) is 92.8 Å². The number of pyridine rings is 1. The van der Waals surface area contributed by atoms with E-state index in [1.807, 2.05) is 24.5 Å². The van der Waals surface area contributed by atoms with Gasteiger partial charge in [-0.05, 0) is 56.1 Å². The number of carbonyl (C=O) groups is 1. The van der Waals surface area contributed by atoms with Crippen LogP contribution in [0.15, 0.2) is 16.9 Å². The van der Waals surface area contributed by atoms with E-state index in [-0.39, 0.29) is 40.9 Å².